The number of phenols is 1. The number of aromatic hydroxyl groups is 1. The van der Waals surface area contributed by atoms with Crippen LogP contribution in [0.25, 0.3) is 11.4 Å². The van der Waals surface area contributed by atoms with E-state index in [0.717, 1.165) is 12.5 Å². The van der Waals surface area contributed by atoms with Crippen LogP contribution in [0.1, 0.15) is 86.0 Å². The molecule has 1 amide bonds. The Hall–Kier alpha value is -6.69. The Bertz CT molecular complexity index is 2670. The summed E-state index contributed by atoms with van der Waals surface area (Å²) >= 11 is 0. The smallest absolute Gasteiger partial charge is 0.312 e. The topological polar surface area (TPSA) is 237 Å². The van der Waals surface area contributed by atoms with Gasteiger partial charge in [0, 0.05) is 69.0 Å². The first kappa shape index (κ1) is 48.8. The molecule has 66 heavy (non-hydrogen) atoms. The van der Waals surface area contributed by atoms with Crippen molar-refractivity contribution in [3.05, 3.63) is 122 Å². The van der Waals surface area contributed by atoms with Crippen LogP contribution in [-0.4, -0.2) is 90.5 Å². The van der Waals surface area contributed by atoms with Crippen LogP contribution < -0.4 is 20.9 Å². The number of rotatable bonds is 5. The number of ketones is 2. The number of anilines is 1. The van der Waals surface area contributed by atoms with Crippen LogP contribution in [0.5, 0.6) is 11.5 Å². The second-order valence-corrected chi connectivity index (χ2v) is 17.3. The molecular formula is C49H58N4O13. The number of aromatic nitrogens is 2. The lowest BCUT2D eigenvalue weighted by molar-refractivity contribution is -0.160. The Labute approximate surface area is 382 Å². The number of nitrogens with one attached hydrogen (secondary N) is 2. The summed E-state index contributed by atoms with van der Waals surface area (Å²) in [5.41, 5.74) is -1.39. The molecule has 1 aromatic heterocycles. The molecule has 5 bridgehead atoms. The van der Waals surface area contributed by atoms with Crippen LogP contribution in [0.15, 0.2) is 88.7 Å². The van der Waals surface area contributed by atoms with Gasteiger partial charge in [0.2, 0.25) is 0 Å². The van der Waals surface area contributed by atoms with E-state index in [2.05, 4.69) is 10.6 Å². The number of nitrogens with zero attached hydrogens (tertiary/aromatic N) is 2. The summed E-state index contributed by atoms with van der Waals surface area (Å²) in [6, 6.07) is 8.84. The average Bonchev–Trinajstić information content (AvgIpc) is 3.67. The molecule has 7 rings (SSSR count). The highest BCUT2D eigenvalue weighted by atomic mass is 16.7. The summed E-state index contributed by atoms with van der Waals surface area (Å²) in [6.07, 6.45) is 4.32. The average molecular weight is 911 g/mol. The summed E-state index contributed by atoms with van der Waals surface area (Å²) < 4.78 is 26.6. The number of allylic oxidation sites excluding steroid dienone is 3. The molecule has 4 aliphatic rings. The predicted octanol–water partition coefficient (Wildman–Crippen LogP) is 5.58. The van der Waals surface area contributed by atoms with Crippen molar-refractivity contribution in [3.63, 3.8) is 0 Å². The molecule has 3 aromatic rings. The SMILES string of the molecule is CO[C@H]1/C=C/O[C@@]2(C)Oc3c(C)c(O)c4c(c3C2=O)C(=O)/C(=C/Nc2c(C)n(C)n(-c3ccccc3)c2=O)C(=C4O)NC(=O)/C(C)=C\C=C\[C@H](C)[C@H](O)[C@@H](C)[C@@H](O)[C@@H](C)[C@H](OC(C)=O)[C@@H]1C. The highest BCUT2D eigenvalue weighted by Gasteiger charge is 2.52. The summed E-state index contributed by atoms with van der Waals surface area (Å²) in [6.45, 7) is 13.9. The van der Waals surface area contributed by atoms with E-state index in [4.69, 9.17) is 18.9 Å². The Morgan fingerprint density at radius 1 is 0.924 bits per heavy atom. The van der Waals surface area contributed by atoms with E-state index in [1.807, 2.05) is 0 Å². The monoisotopic (exact) mass is 910 g/mol. The van der Waals surface area contributed by atoms with Gasteiger partial charge < -0.3 is 50.0 Å². The summed E-state index contributed by atoms with van der Waals surface area (Å²) in [7, 11) is 3.09. The van der Waals surface area contributed by atoms with Gasteiger partial charge in [-0.05, 0) is 39.0 Å². The van der Waals surface area contributed by atoms with Crippen molar-refractivity contribution >= 4 is 34.9 Å². The maximum atomic E-state index is 15.0. The normalized spacial score (nSPS) is 29.7. The Balaban J connectivity index is 1.52. The largest absolute Gasteiger partial charge is 0.507 e. The number of esters is 1. The highest BCUT2D eigenvalue weighted by molar-refractivity contribution is 6.26. The minimum absolute atomic E-state index is 0.0252. The van der Waals surface area contributed by atoms with Gasteiger partial charge in [-0.25, -0.2) is 4.68 Å². The van der Waals surface area contributed by atoms with Crippen molar-refractivity contribution in [2.24, 2.45) is 30.7 Å². The molecule has 9 atom stereocenters. The molecule has 1 aliphatic carbocycles. The maximum Gasteiger partial charge on any atom is 0.312 e. The van der Waals surface area contributed by atoms with Crippen LogP contribution in [-0.2, 0) is 30.8 Å². The Morgan fingerprint density at radius 2 is 1.59 bits per heavy atom. The summed E-state index contributed by atoms with van der Waals surface area (Å²) in [5, 5.41) is 52.2. The number of phenolic OH excluding ortho intramolecular Hbond substituents is 1. The van der Waals surface area contributed by atoms with E-state index in [0.29, 0.717) is 11.4 Å². The lowest BCUT2D eigenvalue weighted by atomic mass is 9.78. The van der Waals surface area contributed by atoms with Crippen molar-refractivity contribution in [1.29, 1.82) is 0 Å². The van der Waals surface area contributed by atoms with Gasteiger partial charge in [-0.2, -0.15) is 0 Å². The Kier molecular flexibility index (Phi) is 14.1. The van der Waals surface area contributed by atoms with Crippen molar-refractivity contribution in [1.82, 2.24) is 14.7 Å². The van der Waals surface area contributed by atoms with Crippen molar-refractivity contribution in [2.45, 2.75) is 92.5 Å². The van der Waals surface area contributed by atoms with Crippen LogP contribution in [0.3, 0.4) is 0 Å². The summed E-state index contributed by atoms with van der Waals surface area (Å²) in [5.74, 6) is -9.54. The molecular weight excluding hydrogens is 853 g/mol. The zero-order chi connectivity index (χ0) is 48.7. The molecule has 0 unspecified atom stereocenters. The molecule has 0 fully saturated rings. The van der Waals surface area contributed by atoms with Crippen LogP contribution in [0, 0.1) is 37.5 Å². The third-order valence-electron chi connectivity index (χ3n) is 12.9. The summed E-state index contributed by atoms with van der Waals surface area (Å²) in [4.78, 5) is 69.8. The number of hydrogen-bond donors (Lipinski definition) is 6. The number of carbonyl (C=O) groups is 4. The quantitative estimate of drug-likeness (QED) is 0.135. The van der Waals surface area contributed by atoms with Gasteiger partial charge in [-0.3, -0.25) is 28.7 Å². The number of ether oxygens (including phenoxy) is 4. The predicted molar refractivity (Wildman–Crippen MR) is 244 cm³/mol. The zero-order valence-corrected chi connectivity index (χ0v) is 38.8. The van der Waals surface area contributed by atoms with E-state index in [9.17, 15) is 44.4 Å². The number of hydrogen-bond acceptors (Lipinski definition) is 14. The van der Waals surface area contributed by atoms with Crippen molar-refractivity contribution < 1.29 is 58.6 Å². The number of para-hydroxylation sites is 1. The van der Waals surface area contributed by atoms with Crippen LogP contribution >= 0.6 is 0 Å². The molecule has 17 nitrogen and oxygen atoms in total. The zero-order valence-electron chi connectivity index (χ0n) is 38.8. The third kappa shape index (κ3) is 8.73. The van der Waals surface area contributed by atoms with Gasteiger partial charge in [0.15, 0.2) is 11.5 Å². The van der Waals surface area contributed by atoms with Gasteiger partial charge in [-0.15, -0.1) is 0 Å². The number of Topliss-reactive ketones (excluding diaryl/α,β-unsaturated/α-hetero) is 2. The lowest BCUT2D eigenvalue weighted by Gasteiger charge is -2.38. The van der Waals surface area contributed by atoms with Gasteiger partial charge >= 0.3 is 11.8 Å². The molecule has 6 N–H and O–H groups in total. The third-order valence-corrected chi connectivity index (χ3v) is 12.9. The minimum Gasteiger partial charge on any atom is -0.507 e. The number of aliphatic hydroxyl groups is 3. The number of amides is 1. The molecule has 2 aromatic carbocycles. The van der Waals surface area contributed by atoms with E-state index >= 15 is 0 Å². The van der Waals surface area contributed by atoms with Gasteiger partial charge in [0.25, 0.3) is 17.2 Å². The first-order chi connectivity index (χ1) is 31.1. The highest BCUT2D eigenvalue weighted by Crippen LogP contribution is 2.50. The number of aliphatic hydroxyl groups excluding tert-OH is 3. The molecule has 0 saturated carbocycles. The second kappa shape index (κ2) is 19.0. The fourth-order valence-electron chi connectivity index (χ4n) is 8.75. The molecule has 0 radical (unpaired) electrons. The van der Waals surface area contributed by atoms with Crippen molar-refractivity contribution in [3.8, 4) is 17.2 Å². The molecule has 352 valence electrons. The number of methoxy groups -OCH3 is 1. The fourth-order valence-corrected chi connectivity index (χ4v) is 8.75. The van der Waals surface area contributed by atoms with E-state index in [1.54, 1.807) is 82.8 Å². The second-order valence-electron chi connectivity index (χ2n) is 17.3. The standard InChI is InChI=1S/C49H58N4O13/c1-23-16-15-17-24(2)47(61)51-38-32(22-50-37-29(7)52(10)53(48(37)62)31-18-13-12-14-19-31)42(58)34-35(43(38)59)41(57)28(6)45-36(34)46(60)49(9,66-45)64-21-20-33(63-11)25(3)44(65-30(8)54)27(5)40(56)26(4)39(23)55/h12-23,25-27,33,39-40,44,50,55-57,59H,1-11H3,(H,51,61)/b16-15+,21-20+,24-17-,32-22+/t23-,25+,26+,27+,33-,39-,40+,44+,49-/m0/s1. The van der Waals surface area contributed by atoms with Gasteiger partial charge in [0.05, 0.1) is 63.9 Å². The van der Waals surface area contributed by atoms with Gasteiger partial charge in [0.1, 0.15) is 23.3 Å². The molecule has 3 aliphatic heterocycles. The van der Waals surface area contributed by atoms with Crippen molar-refractivity contribution in [2.75, 3.05) is 12.4 Å². The van der Waals surface area contributed by atoms with E-state index < -0.39 is 111 Å². The first-order valence-electron chi connectivity index (χ1n) is 21.6. The van der Waals surface area contributed by atoms with Crippen LogP contribution in [0.4, 0.5) is 5.69 Å². The van der Waals surface area contributed by atoms with E-state index in [-0.39, 0.29) is 33.7 Å². The maximum absolute atomic E-state index is 15.0. The Morgan fingerprint density at radius 3 is 2.23 bits per heavy atom. The van der Waals surface area contributed by atoms with E-state index in [1.165, 1.54) is 57.7 Å². The molecule has 0 spiro atoms. The lowest BCUT2D eigenvalue weighted by Crippen LogP contribution is -2.46. The number of fused-ring (bicyclic) bond motifs is 14. The number of carbonyl (C=O) groups excluding carboxylic acids is 4. The fraction of sp³-hybridized carbons (Fsp3) is 0.408. The number of benzene rings is 2. The van der Waals surface area contributed by atoms with Crippen LogP contribution in [0.2, 0.25) is 0 Å². The molecule has 4 heterocycles. The first-order valence-corrected chi connectivity index (χ1v) is 21.6. The molecule has 17 heteroatoms. The molecule has 0 saturated heterocycles. The minimum atomic E-state index is -2.14. The van der Waals surface area contributed by atoms with Gasteiger partial charge in [-0.1, -0.05) is 64.1 Å².